The highest BCUT2D eigenvalue weighted by Gasteiger charge is 2.52. The number of carbonyl (C=O) groups excluding carboxylic acids is 1. The number of ether oxygens (including phenoxy) is 2. The van der Waals surface area contributed by atoms with E-state index in [-0.39, 0.29) is 29.0 Å². The number of halogens is 3. The third-order valence-electron chi connectivity index (χ3n) is 7.65. The molecule has 2 rings (SSSR count). The second-order valence-electron chi connectivity index (χ2n) is 11.3. The van der Waals surface area contributed by atoms with Crippen LogP contribution in [0.1, 0.15) is 67.4 Å². The minimum Gasteiger partial charge on any atom is -0.462 e. The van der Waals surface area contributed by atoms with Crippen molar-refractivity contribution in [1.29, 1.82) is 0 Å². The zero-order valence-corrected chi connectivity index (χ0v) is 26.3. The molecule has 1 aliphatic rings. The molecule has 0 N–H and O–H groups in total. The number of alkyl halides is 3. The number of hydrogen-bond acceptors (Lipinski definition) is 7. The molecule has 0 aromatic heterocycles. The van der Waals surface area contributed by atoms with Crippen molar-refractivity contribution < 1.29 is 44.5 Å². The third kappa shape index (κ3) is 8.40. The summed E-state index contributed by atoms with van der Waals surface area (Å²) in [6.45, 7) is 14.7. The molecule has 1 aliphatic heterocycles. The van der Waals surface area contributed by atoms with E-state index in [1.807, 2.05) is 71.9 Å². The van der Waals surface area contributed by atoms with Crippen molar-refractivity contribution in [3.63, 3.8) is 0 Å². The van der Waals surface area contributed by atoms with Crippen LogP contribution in [0.3, 0.4) is 0 Å². The quantitative estimate of drug-likeness (QED) is 0.111. The van der Waals surface area contributed by atoms with Gasteiger partial charge in [0.25, 0.3) is 0 Å². The number of rotatable bonds is 12. The molecule has 1 aromatic carbocycles. The molecule has 0 unspecified atom stereocenters. The first-order valence-corrected chi connectivity index (χ1v) is 17.2. The van der Waals surface area contributed by atoms with Gasteiger partial charge in [0.05, 0.1) is 18.8 Å². The summed E-state index contributed by atoms with van der Waals surface area (Å²) in [6, 6.07) is 9.31. The molecular weight excluding hydrogens is 565 g/mol. The van der Waals surface area contributed by atoms with E-state index in [0.717, 1.165) is 5.56 Å². The van der Waals surface area contributed by atoms with E-state index in [9.17, 15) is 26.4 Å². The second kappa shape index (κ2) is 14.0. The van der Waals surface area contributed by atoms with Gasteiger partial charge < -0.3 is 13.9 Å². The second-order valence-corrected chi connectivity index (χ2v) is 18.3. The highest BCUT2D eigenvalue weighted by Crippen LogP contribution is 2.43. The predicted molar refractivity (Wildman–Crippen MR) is 150 cm³/mol. The molecule has 0 aliphatic carbocycles. The Labute approximate surface area is 237 Å². The minimum absolute atomic E-state index is 0.0581. The van der Waals surface area contributed by atoms with Gasteiger partial charge in [0, 0.05) is 19.3 Å². The Hall–Kier alpha value is -1.73. The van der Waals surface area contributed by atoms with Crippen LogP contribution in [0, 0.1) is 5.92 Å². The molecule has 1 aromatic rings. The molecule has 40 heavy (non-hydrogen) atoms. The lowest BCUT2D eigenvalue weighted by atomic mass is 9.88. The Morgan fingerprint density at radius 2 is 1.62 bits per heavy atom. The van der Waals surface area contributed by atoms with E-state index in [1.165, 1.54) is 6.92 Å². The van der Waals surface area contributed by atoms with Crippen molar-refractivity contribution in [2.45, 2.75) is 108 Å². The summed E-state index contributed by atoms with van der Waals surface area (Å²) in [4.78, 5) is 11.9. The van der Waals surface area contributed by atoms with Gasteiger partial charge in [0.15, 0.2) is 8.32 Å². The average Bonchev–Trinajstić information content (AvgIpc) is 2.83. The molecule has 1 heterocycles. The lowest BCUT2D eigenvalue weighted by molar-refractivity contribution is -0.178. The Kier molecular flexibility index (Phi) is 12.0. The van der Waals surface area contributed by atoms with Crippen LogP contribution in [0.5, 0.6) is 0 Å². The molecule has 0 spiro atoms. The molecule has 7 nitrogen and oxygen atoms in total. The van der Waals surface area contributed by atoms with Gasteiger partial charge in [-0.15, -0.1) is 0 Å². The van der Waals surface area contributed by atoms with Gasteiger partial charge in [-0.25, -0.2) is 0 Å². The highest BCUT2D eigenvalue weighted by atomic mass is 32.2. The number of hydrogen-bond donors (Lipinski definition) is 0. The first-order valence-electron chi connectivity index (χ1n) is 13.6. The average molecular weight is 609 g/mol. The molecule has 0 radical (unpaired) electrons. The standard InChI is InChI=1S/C28H43F3O7SSi/c1-18(2)40(19(3)4,20(5)6)35-17-27(38-39(33,34)28(29,30)31)26-16-25(36-22(8)32)21(7)24(37-26)15-14-23-12-10-9-11-13-23/h9-15,18-21,24-27H,16-17H2,1-8H3/b15-14+/t21-,24-,25+,26+,27+/m0/s1. The molecule has 228 valence electrons. The highest BCUT2D eigenvalue weighted by molar-refractivity contribution is 7.87. The Morgan fingerprint density at radius 3 is 2.10 bits per heavy atom. The van der Waals surface area contributed by atoms with Crippen LogP contribution in [0.2, 0.25) is 16.6 Å². The van der Waals surface area contributed by atoms with Crippen LogP contribution in [-0.4, -0.2) is 59.2 Å². The maximum atomic E-state index is 13.4. The molecule has 1 saturated heterocycles. The van der Waals surface area contributed by atoms with Crippen LogP contribution in [0.4, 0.5) is 13.2 Å². The smallest absolute Gasteiger partial charge is 0.462 e. The maximum Gasteiger partial charge on any atom is 0.523 e. The summed E-state index contributed by atoms with van der Waals surface area (Å²) in [6.07, 6.45) is -0.768. The van der Waals surface area contributed by atoms with Crippen LogP contribution in [0.25, 0.3) is 6.08 Å². The summed E-state index contributed by atoms with van der Waals surface area (Å²) in [7, 11) is -8.59. The van der Waals surface area contributed by atoms with E-state index in [2.05, 4.69) is 0 Å². The fourth-order valence-corrected chi connectivity index (χ4v) is 11.8. The molecule has 0 bridgehead atoms. The van der Waals surface area contributed by atoms with E-state index in [4.69, 9.17) is 18.1 Å². The van der Waals surface area contributed by atoms with E-state index >= 15 is 0 Å². The van der Waals surface area contributed by atoms with Crippen LogP contribution >= 0.6 is 0 Å². The topological polar surface area (TPSA) is 88.1 Å². The van der Waals surface area contributed by atoms with Gasteiger partial charge in [-0.2, -0.15) is 21.6 Å². The van der Waals surface area contributed by atoms with E-state index in [0.29, 0.717) is 0 Å². The third-order valence-corrected chi connectivity index (χ3v) is 14.8. The summed E-state index contributed by atoms with van der Waals surface area (Å²) in [5, 5.41) is 0. The lowest BCUT2D eigenvalue weighted by Crippen LogP contribution is -2.54. The Balaban J connectivity index is 2.50. The summed E-state index contributed by atoms with van der Waals surface area (Å²) in [5.74, 6) is -0.929. The first-order chi connectivity index (χ1) is 18.4. The lowest BCUT2D eigenvalue weighted by Gasteiger charge is -2.45. The molecule has 1 fully saturated rings. The zero-order valence-electron chi connectivity index (χ0n) is 24.5. The molecule has 12 heteroatoms. The predicted octanol–water partition coefficient (Wildman–Crippen LogP) is 6.85. The molecule has 0 saturated carbocycles. The van der Waals surface area contributed by atoms with Gasteiger partial charge in [0.2, 0.25) is 0 Å². The van der Waals surface area contributed by atoms with Crippen LogP contribution in [-0.2, 0) is 33.0 Å². The summed E-state index contributed by atoms with van der Waals surface area (Å²) < 4.78 is 87.8. The fraction of sp³-hybridized carbons (Fsp3) is 0.679. The molecule has 5 atom stereocenters. The van der Waals surface area contributed by atoms with Crippen LogP contribution < -0.4 is 0 Å². The van der Waals surface area contributed by atoms with Crippen LogP contribution in [0.15, 0.2) is 36.4 Å². The van der Waals surface area contributed by atoms with Crippen molar-refractivity contribution in [2.75, 3.05) is 6.61 Å². The van der Waals surface area contributed by atoms with Gasteiger partial charge in [-0.1, -0.05) is 91.0 Å². The number of esters is 1. The number of benzene rings is 1. The van der Waals surface area contributed by atoms with Gasteiger partial charge >= 0.3 is 21.6 Å². The largest absolute Gasteiger partial charge is 0.523 e. The van der Waals surface area contributed by atoms with Crippen molar-refractivity contribution in [3.8, 4) is 0 Å². The van der Waals surface area contributed by atoms with Gasteiger partial charge in [0.1, 0.15) is 12.2 Å². The van der Waals surface area contributed by atoms with E-state index in [1.54, 1.807) is 19.1 Å². The number of carbonyl (C=O) groups is 1. The first kappa shape index (κ1) is 34.5. The monoisotopic (exact) mass is 608 g/mol. The Morgan fingerprint density at radius 1 is 1.07 bits per heavy atom. The normalized spacial score (nSPS) is 23.8. The van der Waals surface area contributed by atoms with E-state index < -0.39 is 60.9 Å². The SMILES string of the molecule is CC(=O)O[C@@H]1C[C@H]([C@@H](CO[Si](C(C)C)(C(C)C)C(C)C)OS(=O)(=O)C(F)(F)F)O[C@@H](/C=C/c2ccccc2)[C@@H]1C. The maximum absolute atomic E-state index is 13.4. The fourth-order valence-electron chi connectivity index (χ4n) is 5.78. The van der Waals surface area contributed by atoms with Gasteiger partial charge in [-0.05, 0) is 22.2 Å². The van der Waals surface area contributed by atoms with Crippen molar-refractivity contribution in [1.82, 2.24) is 0 Å². The molecule has 0 amide bonds. The summed E-state index contributed by atoms with van der Waals surface area (Å²) in [5.41, 5.74) is -4.49. The minimum atomic E-state index is -5.97. The Bertz CT molecular complexity index is 1070. The zero-order chi connectivity index (χ0) is 30.5. The van der Waals surface area contributed by atoms with Crippen molar-refractivity contribution in [2.24, 2.45) is 5.92 Å². The summed E-state index contributed by atoms with van der Waals surface area (Å²) >= 11 is 0. The van der Waals surface area contributed by atoms with Crippen molar-refractivity contribution >= 4 is 30.5 Å². The van der Waals surface area contributed by atoms with Crippen molar-refractivity contribution in [3.05, 3.63) is 42.0 Å². The van der Waals surface area contributed by atoms with Gasteiger partial charge in [-0.3, -0.25) is 8.98 Å². The molecular formula is C28H43F3O7SSi.